The number of pyridine rings is 1. The SMILES string of the molecule is COCCCNC(=O)/C(C#N)=C\N1CCN(c2ccccn2)CC1. The Morgan fingerprint density at radius 2 is 2.21 bits per heavy atom. The molecule has 128 valence electrons. The molecule has 2 rings (SSSR count). The smallest absolute Gasteiger partial charge is 0.263 e. The molecule has 1 aliphatic heterocycles. The zero-order chi connectivity index (χ0) is 17.2. The third kappa shape index (κ3) is 5.25. The number of carbonyl (C=O) groups is 1. The van der Waals surface area contributed by atoms with E-state index in [-0.39, 0.29) is 11.5 Å². The number of hydrogen-bond acceptors (Lipinski definition) is 6. The molecule has 2 heterocycles. The van der Waals surface area contributed by atoms with Crippen LogP contribution in [0, 0.1) is 11.3 Å². The number of hydrogen-bond donors (Lipinski definition) is 1. The minimum absolute atomic E-state index is 0.138. The lowest BCUT2D eigenvalue weighted by atomic mass is 10.2. The fraction of sp³-hybridized carbons (Fsp3) is 0.471. The van der Waals surface area contributed by atoms with Crippen molar-refractivity contribution in [3.63, 3.8) is 0 Å². The van der Waals surface area contributed by atoms with Crippen LogP contribution in [-0.2, 0) is 9.53 Å². The zero-order valence-corrected chi connectivity index (χ0v) is 13.9. The number of nitrogens with zero attached hydrogens (tertiary/aromatic N) is 4. The van der Waals surface area contributed by atoms with Gasteiger partial charge in [-0.15, -0.1) is 0 Å². The minimum atomic E-state index is -0.333. The van der Waals surface area contributed by atoms with Crippen molar-refractivity contribution in [2.24, 2.45) is 0 Å². The van der Waals surface area contributed by atoms with E-state index < -0.39 is 0 Å². The first kappa shape index (κ1) is 17.8. The fourth-order valence-corrected chi connectivity index (χ4v) is 2.46. The summed E-state index contributed by atoms with van der Waals surface area (Å²) in [7, 11) is 1.62. The second-order valence-corrected chi connectivity index (χ2v) is 5.47. The highest BCUT2D eigenvalue weighted by atomic mass is 16.5. The van der Waals surface area contributed by atoms with E-state index in [0.29, 0.717) is 13.2 Å². The Hall–Kier alpha value is -2.59. The first-order valence-corrected chi connectivity index (χ1v) is 8.03. The van der Waals surface area contributed by atoms with E-state index in [9.17, 15) is 10.1 Å². The fourth-order valence-electron chi connectivity index (χ4n) is 2.46. The van der Waals surface area contributed by atoms with Gasteiger partial charge in [-0.05, 0) is 18.6 Å². The summed E-state index contributed by atoms with van der Waals surface area (Å²) in [6, 6.07) is 7.83. The van der Waals surface area contributed by atoms with Crippen LogP contribution in [0.1, 0.15) is 6.42 Å². The molecule has 1 aliphatic rings. The first-order valence-electron chi connectivity index (χ1n) is 8.03. The Bertz CT molecular complexity index is 589. The Morgan fingerprint density at radius 1 is 1.42 bits per heavy atom. The van der Waals surface area contributed by atoms with E-state index in [4.69, 9.17) is 4.74 Å². The predicted octanol–water partition coefficient (Wildman–Crippen LogP) is 0.764. The van der Waals surface area contributed by atoms with E-state index in [1.165, 1.54) is 0 Å². The van der Waals surface area contributed by atoms with Crippen LogP contribution in [0.3, 0.4) is 0 Å². The van der Waals surface area contributed by atoms with Crippen molar-refractivity contribution in [3.05, 3.63) is 36.2 Å². The highest BCUT2D eigenvalue weighted by Crippen LogP contribution is 2.13. The molecule has 7 heteroatoms. The van der Waals surface area contributed by atoms with Crippen molar-refractivity contribution in [3.8, 4) is 6.07 Å². The summed E-state index contributed by atoms with van der Waals surface area (Å²) in [4.78, 5) is 20.6. The van der Waals surface area contributed by atoms with Gasteiger partial charge >= 0.3 is 0 Å². The molecule has 1 saturated heterocycles. The lowest BCUT2D eigenvalue weighted by Crippen LogP contribution is -2.44. The van der Waals surface area contributed by atoms with Gasteiger partial charge < -0.3 is 19.9 Å². The van der Waals surface area contributed by atoms with Crippen LogP contribution in [0.25, 0.3) is 0 Å². The van der Waals surface area contributed by atoms with Gasteiger partial charge in [-0.3, -0.25) is 4.79 Å². The Labute approximate surface area is 142 Å². The Morgan fingerprint density at radius 3 is 2.83 bits per heavy atom. The van der Waals surface area contributed by atoms with E-state index in [2.05, 4.69) is 15.2 Å². The van der Waals surface area contributed by atoms with Crippen molar-refractivity contribution in [2.45, 2.75) is 6.42 Å². The largest absolute Gasteiger partial charge is 0.385 e. The third-order valence-corrected chi connectivity index (χ3v) is 3.78. The molecular formula is C17H23N5O2. The van der Waals surface area contributed by atoms with Crippen molar-refractivity contribution in [1.82, 2.24) is 15.2 Å². The average Bonchev–Trinajstić information content (AvgIpc) is 2.64. The molecule has 0 radical (unpaired) electrons. The lowest BCUT2D eigenvalue weighted by molar-refractivity contribution is -0.117. The van der Waals surface area contributed by atoms with Gasteiger partial charge in [-0.2, -0.15) is 5.26 Å². The van der Waals surface area contributed by atoms with Crippen LogP contribution >= 0.6 is 0 Å². The normalized spacial score (nSPS) is 15.1. The van der Waals surface area contributed by atoms with Crippen LogP contribution in [0.15, 0.2) is 36.2 Å². The highest BCUT2D eigenvalue weighted by Gasteiger charge is 2.17. The summed E-state index contributed by atoms with van der Waals surface area (Å²) in [6.07, 6.45) is 4.16. The van der Waals surface area contributed by atoms with E-state index in [1.807, 2.05) is 29.2 Å². The van der Waals surface area contributed by atoms with Crippen LogP contribution in [0.4, 0.5) is 5.82 Å². The molecule has 0 unspecified atom stereocenters. The number of ether oxygens (including phenoxy) is 1. The molecule has 24 heavy (non-hydrogen) atoms. The number of carbonyl (C=O) groups excluding carboxylic acids is 1. The molecule has 0 bridgehead atoms. The number of nitrogens with one attached hydrogen (secondary N) is 1. The Kier molecular flexibility index (Phi) is 7.05. The topological polar surface area (TPSA) is 81.5 Å². The van der Waals surface area contributed by atoms with Gasteiger partial charge in [-0.1, -0.05) is 6.07 Å². The van der Waals surface area contributed by atoms with Gasteiger partial charge in [0, 0.05) is 58.8 Å². The van der Waals surface area contributed by atoms with Crippen LogP contribution < -0.4 is 10.2 Å². The molecule has 1 aromatic heterocycles. The standard InChI is InChI=1S/C17H23N5O2/c1-24-12-4-7-20-17(23)15(13-18)14-21-8-10-22(11-9-21)16-5-2-3-6-19-16/h2-3,5-6,14H,4,7-12H2,1H3,(H,20,23)/b15-14-. The molecule has 0 aliphatic carbocycles. The van der Waals surface area contributed by atoms with Crippen molar-refractivity contribution in [1.29, 1.82) is 5.26 Å². The van der Waals surface area contributed by atoms with E-state index >= 15 is 0 Å². The number of piperazine rings is 1. The molecule has 1 N–H and O–H groups in total. The van der Waals surface area contributed by atoms with Crippen LogP contribution in [0.2, 0.25) is 0 Å². The molecule has 0 atom stereocenters. The second-order valence-electron chi connectivity index (χ2n) is 5.47. The van der Waals surface area contributed by atoms with Crippen LogP contribution in [0.5, 0.6) is 0 Å². The lowest BCUT2D eigenvalue weighted by Gasteiger charge is -2.34. The number of anilines is 1. The quantitative estimate of drug-likeness (QED) is 0.452. The number of methoxy groups -OCH3 is 1. The summed E-state index contributed by atoms with van der Waals surface area (Å²) < 4.78 is 4.93. The van der Waals surface area contributed by atoms with Crippen molar-refractivity contribution < 1.29 is 9.53 Å². The average molecular weight is 329 g/mol. The number of aromatic nitrogens is 1. The summed E-state index contributed by atoms with van der Waals surface area (Å²) in [5.41, 5.74) is 0.138. The maximum absolute atomic E-state index is 12.0. The van der Waals surface area contributed by atoms with Crippen molar-refractivity contribution in [2.75, 3.05) is 51.3 Å². The number of amides is 1. The maximum Gasteiger partial charge on any atom is 0.263 e. The van der Waals surface area contributed by atoms with Crippen LogP contribution in [-0.4, -0.2) is 62.2 Å². The maximum atomic E-state index is 12.0. The van der Waals surface area contributed by atoms with Crippen molar-refractivity contribution >= 4 is 11.7 Å². The van der Waals surface area contributed by atoms with Gasteiger partial charge in [0.2, 0.25) is 0 Å². The second kappa shape index (κ2) is 9.53. The number of rotatable bonds is 7. The molecule has 1 aromatic rings. The van der Waals surface area contributed by atoms with Gasteiger partial charge in [0.15, 0.2) is 0 Å². The third-order valence-electron chi connectivity index (χ3n) is 3.78. The van der Waals surface area contributed by atoms with Gasteiger partial charge in [0.05, 0.1) is 0 Å². The molecule has 1 amide bonds. The summed E-state index contributed by atoms with van der Waals surface area (Å²) >= 11 is 0. The zero-order valence-electron chi connectivity index (χ0n) is 13.9. The molecule has 0 aromatic carbocycles. The van der Waals surface area contributed by atoms with E-state index in [1.54, 1.807) is 19.5 Å². The minimum Gasteiger partial charge on any atom is -0.385 e. The van der Waals surface area contributed by atoms with Gasteiger partial charge in [0.1, 0.15) is 17.5 Å². The monoisotopic (exact) mass is 329 g/mol. The molecule has 0 spiro atoms. The highest BCUT2D eigenvalue weighted by molar-refractivity contribution is 5.97. The van der Waals surface area contributed by atoms with Gasteiger partial charge in [0.25, 0.3) is 5.91 Å². The molecule has 7 nitrogen and oxygen atoms in total. The first-order chi connectivity index (χ1) is 11.7. The predicted molar refractivity (Wildman–Crippen MR) is 91.2 cm³/mol. The molecular weight excluding hydrogens is 306 g/mol. The summed E-state index contributed by atoms with van der Waals surface area (Å²) in [6.45, 7) is 4.20. The van der Waals surface area contributed by atoms with E-state index in [0.717, 1.165) is 38.4 Å². The van der Waals surface area contributed by atoms with Gasteiger partial charge in [-0.25, -0.2) is 4.98 Å². The number of nitriles is 1. The summed E-state index contributed by atoms with van der Waals surface area (Å²) in [5, 5.41) is 11.9. The Balaban J connectivity index is 1.84. The summed E-state index contributed by atoms with van der Waals surface area (Å²) in [5.74, 6) is 0.623. The molecule has 1 fully saturated rings. The molecule has 0 saturated carbocycles.